The number of alkyl halides is 3. The molecule has 0 spiro atoms. The van der Waals surface area contributed by atoms with E-state index in [1.54, 1.807) is 6.92 Å². The molecule has 1 aromatic rings. The molecular weight excluding hydrogens is 307 g/mol. The minimum Gasteiger partial charge on any atom is -0.478 e. The fourth-order valence-corrected chi connectivity index (χ4v) is 2.48. The summed E-state index contributed by atoms with van der Waals surface area (Å²) >= 11 is 0.954. The maximum Gasteiger partial charge on any atom is 0.406 e. The van der Waals surface area contributed by atoms with Gasteiger partial charge in [0.1, 0.15) is 6.54 Å². The highest BCUT2D eigenvalue weighted by molar-refractivity contribution is 7.14. The molecule has 0 aliphatic carbocycles. The maximum atomic E-state index is 12.5. The molecule has 1 N–H and O–H groups in total. The van der Waals surface area contributed by atoms with Gasteiger partial charge in [-0.05, 0) is 24.6 Å². The van der Waals surface area contributed by atoms with Crippen LogP contribution in [0.3, 0.4) is 0 Å². The summed E-state index contributed by atoms with van der Waals surface area (Å²) in [6.07, 6.45) is -1.84. The molecule has 116 valence electrons. The van der Waals surface area contributed by atoms with Gasteiger partial charge in [0.15, 0.2) is 0 Å². The molecule has 1 heterocycles. The van der Waals surface area contributed by atoms with Crippen LogP contribution >= 0.6 is 11.3 Å². The third-order valence-electron chi connectivity index (χ3n) is 2.38. The smallest absolute Gasteiger partial charge is 0.406 e. The first kappa shape index (κ1) is 17.2. The molecule has 0 saturated carbocycles. The van der Waals surface area contributed by atoms with E-state index in [1.807, 2.05) is 0 Å². The Hall–Kier alpha value is -1.83. The van der Waals surface area contributed by atoms with Crippen LogP contribution in [0.5, 0.6) is 0 Å². The number of hydrogen-bond donors (Lipinski definition) is 1. The van der Waals surface area contributed by atoms with Gasteiger partial charge in [0.2, 0.25) is 0 Å². The number of carboxylic acids is 1. The van der Waals surface area contributed by atoms with E-state index in [0.717, 1.165) is 22.3 Å². The van der Waals surface area contributed by atoms with Crippen LogP contribution in [0.4, 0.5) is 13.2 Å². The van der Waals surface area contributed by atoms with E-state index in [2.05, 4.69) is 0 Å². The molecule has 0 aromatic carbocycles. The number of amides is 1. The number of halogens is 3. The molecule has 1 aromatic heterocycles. The van der Waals surface area contributed by atoms with Crippen molar-refractivity contribution < 1.29 is 27.9 Å². The predicted molar refractivity (Wildman–Crippen MR) is 73.2 cm³/mol. The van der Waals surface area contributed by atoms with Crippen LogP contribution in [-0.4, -0.2) is 41.1 Å². The van der Waals surface area contributed by atoms with E-state index in [-0.39, 0.29) is 11.4 Å². The van der Waals surface area contributed by atoms with Gasteiger partial charge in [0.05, 0.1) is 4.88 Å². The molecule has 1 rings (SSSR count). The lowest BCUT2D eigenvalue weighted by Gasteiger charge is -2.22. The van der Waals surface area contributed by atoms with Crippen molar-refractivity contribution in [3.8, 4) is 0 Å². The summed E-state index contributed by atoms with van der Waals surface area (Å²) < 4.78 is 37.4. The third kappa shape index (κ3) is 5.99. The number of aliphatic carboxylic acids is 1. The van der Waals surface area contributed by atoms with Gasteiger partial charge in [-0.1, -0.05) is 6.92 Å². The fraction of sp³-hybridized carbons (Fsp3) is 0.385. The second-order valence-electron chi connectivity index (χ2n) is 4.22. The standard InChI is InChI=1S/C13H14F3NO3S/c1-2-7-17(8-13(14,15)16)12(20)10-5-3-9(21-10)4-6-11(18)19/h3-6H,2,7-8H2,1H3,(H,18,19). The highest BCUT2D eigenvalue weighted by Gasteiger charge is 2.33. The van der Waals surface area contributed by atoms with Crippen LogP contribution < -0.4 is 0 Å². The van der Waals surface area contributed by atoms with Crippen LogP contribution in [0.15, 0.2) is 18.2 Å². The predicted octanol–water partition coefficient (Wildman–Crippen LogP) is 3.26. The van der Waals surface area contributed by atoms with Crippen LogP contribution in [0, 0.1) is 0 Å². The lowest BCUT2D eigenvalue weighted by atomic mass is 10.3. The minimum absolute atomic E-state index is 0.0105. The zero-order valence-electron chi connectivity index (χ0n) is 11.2. The van der Waals surface area contributed by atoms with Crippen molar-refractivity contribution in [2.45, 2.75) is 19.5 Å². The van der Waals surface area contributed by atoms with Crippen LogP contribution in [0.1, 0.15) is 27.9 Å². The molecule has 0 bridgehead atoms. The van der Waals surface area contributed by atoms with E-state index in [4.69, 9.17) is 5.11 Å². The van der Waals surface area contributed by atoms with Crippen molar-refractivity contribution >= 4 is 29.3 Å². The molecule has 0 aliphatic heterocycles. The summed E-state index contributed by atoms with van der Waals surface area (Å²) in [4.78, 5) is 23.8. The first-order valence-corrected chi connectivity index (χ1v) is 6.91. The second kappa shape index (κ2) is 7.26. The quantitative estimate of drug-likeness (QED) is 0.818. The van der Waals surface area contributed by atoms with Gasteiger partial charge in [0.25, 0.3) is 5.91 Å². The minimum atomic E-state index is -4.45. The van der Waals surface area contributed by atoms with Crippen molar-refractivity contribution in [2.75, 3.05) is 13.1 Å². The van der Waals surface area contributed by atoms with Gasteiger partial charge >= 0.3 is 12.1 Å². The molecule has 4 nitrogen and oxygen atoms in total. The molecule has 0 fully saturated rings. The highest BCUT2D eigenvalue weighted by atomic mass is 32.1. The lowest BCUT2D eigenvalue weighted by molar-refractivity contribution is -0.140. The van der Waals surface area contributed by atoms with Crippen LogP contribution in [-0.2, 0) is 4.79 Å². The monoisotopic (exact) mass is 321 g/mol. The summed E-state index contributed by atoms with van der Waals surface area (Å²) in [5.41, 5.74) is 0. The topological polar surface area (TPSA) is 57.6 Å². The first-order valence-electron chi connectivity index (χ1n) is 6.10. The largest absolute Gasteiger partial charge is 0.478 e. The third-order valence-corrected chi connectivity index (χ3v) is 3.42. The molecular formula is C13H14F3NO3S. The summed E-state index contributed by atoms with van der Waals surface area (Å²) in [6, 6.07) is 2.89. The maximum absolute atomic E-state index is 12.5. The number of rotatable bonds is 6. The molecule has 21 heavy (non-hydrogen) atoms. The summed E-state index contributed by atoms with van der Waals surface area (Å²) in [5.74, 6) is -1.84. The molecule has 1 amide bonds. The molecule has 0 radical (unpaired) electrons. The highest BCUT2D eigenvalue weighted by Crippen LogP contribution is 2.23. The average molecular weight is 321 g/mol. The fourth-order valence-electron chi connectivity index (χ4n) is 1.61. The van der Waals surface area contributed by atoms with Gasteiger partial charge < -0.3 is 10.0 Å². The molecule has 0 atom stereocenters. The molecule has 0 unspecified atom stereocenters. The van der Waals surface area contributed by atoms with Gasteiger partial charge in [0, 0.05) is 17.5 Å². The van der Waals surface area contributed by atoms with Crippen molar-refractivity contribution in [3.63, 3.8) is 0 Å². The van der Waals surface area contributed by atoms with Crippen LogP contribution in [0.2, 0.25) is 0 Å². The SMILES string of the molecule is CCCN(CC(F)(F)F)C(=O)c1ccc(C=CC(=O)O)s1. The summed E-state index contributed by atoms with van der Waals surface area (Å²) in [7, 11) is 0. The Labute approximate surface area is 123 Å². The number of carbonyl (C=O) groups excluding carboxylic acids is 1. The first-order chi connectivity index (χ1) is 9.73. The van der Waals surface area contributed by atoms with E-state index in [9.17, 15) is 22.8 Å². The van der Waals surface area contributed by atoms with Gasteiger partial charge in [-0.15, -0.1) is 11.3 Å². The Kier molecular flexibility index (Phi) is 5.95. The van der Waals surface area contributed by atoms with Gasteiger partial charge in [-0.3, -0.25) is 4.79 Å². The van der Waals surface area contributed by atoms with E-state index in [1.165, 1.54) is 18.2 Å². The molecule has 8 heteroatoms. The summed E-state index contributed by atoms with van der Waals surface area (Å²) in [5, 5.41) is 8.49. The van der Waals surface area contributed by atoms with Crippen molar-refractivity contribution in [2.24, 2.45) is 0 Å². The number of hydrogen-bond acceptors (Lipinski definition) is 3. The Balaban J connectivity index is 2.86. The number of thiophene rings is 1. The zero-order chi connectivity index (χ0) is 16.0. The number of nitrogens with zero attached hydrogens (tertiary/aromatic N) is 1. The Morgan fingerprint density at radius 2 is 2.05 bits per heavy atom. The Bertz CT molecular complexity index is 537. The van der Waals surface area contributed by atoms with Crippen molar-refractivity contribution in [1.29, 1.82) is 0 Å². The van der Waals surface area contributed by atoms with Crippen LogP contribution in [0.25, 0.3) is 6.08 Å². The van der Waals surface area contributed by atoms with Crippen molar-refractivity contribution in [1.82, 2.24) is 4.90 Å². The second-order valence-corrected chi connectivity index (χ2v) is 5.33. The van der Waals surface area contributed by atoms with Crippen molar-refractivity contribution in [3.05, 3.63) is 28.0 Å². The Morgan fingerprint density at radius 3 is 2.57 bits per heavy atom. The number of carbonyl (C=O) groups is 2. The van der Waals surface area contributed by atoms with E-state index < -0.39 is 24.6 Å². The lowest BCUT2D eigenvalue weighted by Crippen LogP contribution is -2.39. The summed E-state index contributed by atoms with van der Waals surface area (Å²) in [6.45, 7) is 0.403. The zero-order valence-corrected chi connectivity index (χ0v) is 12.0. The normalized spacial score (nSPS) is 11.8. The molecule has 0 saturated heterocycles. The average Bonchev–Trinajstić information content (AvgIpc) is 2.82. The Morgan fingerprint density at radius 1 is 1.38 bits per heavy atom. The van der Waals surface area contributed by atoms with Gasteiger partial charge in [-0.25, -0.2) is 4.79 Å². The molecule has 0 aliphatic rings. The number of carboxylic acid groups (broad SMARTS) is 1. The van der Waals surface area contributed by atoms with E-state index >= 15 is 0 Å². The van der Waals surface area contributed by atoms with Gasteiger partial charge in [-0.2, -0.15) is 13.2 Å². The van der Waals surface area contributed by atoms with E-state index in [0.29, 0.717) is 11.3 Å².